The van der Waals surface area contributed by atoms with Gasteiger partial charge in [-0.2, -0.15) is 8.78 Å². The minimum absolute atomic E-state index is 0.0659. The maximum absolute atomic E-state index is 12.0. The summed E-state index contributed by atoms with van der Waals surface area (Å²) in [4.78, 5) is 0. The van der Waals surface area contributed by atoms with Crippen LogP contribution in [0, 0.1) is 13.8 Å². The minimum atomic E-state index is -2.77. The zero-order valence-electron chi connectivity index (χ0n) is 8.26. The largest absolute Gasteiger partial charge is 0.435 e. The molecule has 0 fully saturated rings. The van der Waals surface area contributed by atoms with Gasteiger partial charge in [-0.3, -0.25) is 0 Å². The highest BCUT2D eigenvalue weighted by Gasteiger charge is 2.11. The molecule has 0 N–H and O–H groups in total. The summed E-state index contributed by atoms with van der Waals surface area (Å²) in [6.45, 7) is 4.74. The number of halogens is 2. The van der Waals surface area contributed by atoms with Gasteiger partial charge in [0.1, 0.15) is 5.75 Å². The highest BCUT2D eigenvalue weighted by atomic mass is 19.3. The Labute approximate surface area is 82.7 Å². The van der Waals surface area contributed by atoms with E-state index in [1.54, 1.807) is 13.0 Å². The Morgan fingerprint density at radius 2 is 2.00 bits per heavy atom. The van der Waals surface area contributed by atoms with Crippen LogP contribution in [0.3, 0.4) is 0 Å². The summed E-state index contributed by atoms with van der Waals surface area (Å²) in [6, 6.07) is 5.10. The van der Waals surface area contributed by atoms with Crippen molar-refractivity contribution in [2.75, 3.05) is 0 Å². The van der Waals surface area contributed by atoms with Gasteiger partial charge in [0.25, 0.3) is 0 Å². The van der Waals surface area contributed by atoms with E-state index in [1.807, 2.05) is 13.0 Å². The lowest BCUT2D eigenvalue weighted by Crippen LogP contribution is -2.05. The molecule has 14 heavy (non-hydrogen) atoms. The maximum atomic E-state index is 12.0. The van der Waals surface area contributed by atoms with E-state index in [4.69, 9.17) is 0 Å². The summed E-state index contributed by atoms with van der Waals surface area (Å²) >= 11 is 0. The monoisotopic (exact) mass is 199 g/mol. The number of rotatable bonds is 3. The van der Waals surface area contributed by atoms with Gasteiger partial charge >= 0.3 is 6.61 Å². The van der Waals surface area contributed by atoms with Crippen LogP contribution >= 0.6 is 0 Å². The lowest BCUT2D eigenvalue weighted by molar-refractivity contribution is -0.0503. The topological polar surface area (TPSA) is 9.23 Å². The fourth-order valence-electron chi connectivity index (χ4n) is 1.39. The summed E-state index contributed by atoms with van der Waals surface area (Å²) in [6.07, 6.45) is 0. The first-order valence-electron chi connectivity index (χ1n) is 4.39. The van der Waals surface area contributed by atoms with Crippen molar-refractivity contribution in [3.8, 4) is 5.75 Å². The van der Waals surface area contributed by atoms with E-state index in [1.165, 1.54) is 6.07 Å². The van der Waals surface area contributed by atoms with E-state index in [-0.39, 0.29) is 11.7 Å². The normalized spacial score (nSPS) is 11.1. The van der Waals surface area contributed by atoms with Crippen molar-refractivity contribution in [3.63, 3.8) is 0 Å². The maximum Gasteiger partial charge on any atom is 0.387 e. The molecule has 0 aromatic heterocycles. The second-order valence-corrected chi connectivity index (χ2v) is 3.25. The van der Waals surface area contributed by atoms with Crippen LogP contribution in [-0.4, -0.2) is 6.61 Å². The summed E-state index contributed by atoms with van der Waals surface area (Å²) in [5.74, 6) is 0.296. The third-order valence-electron chi connectivity index (χ3n) is 2.07. The molecule has 3 heteroatoms. The van der Waals surface area contributed by atoms with Crippen LogP contribution < -0.4 is 4.74 Å². The van der Waals surface area contributed by atoms with Gasteiger partial charge in [-0.05, 0) is 37.0 Å². The van der Waals surface area contributed by atoms with E-state index < -0.39 is 6.61 Å². The zero-order chi connectivity index (χ0) is 10.7. The molecule has 1 rings (SSSR count). The summed E-state index contributed by atoms with van der Waals surface area (Å²) in [5.41, 5.74) is 1.67. The second kappa shape index (κ2) is 4.40. The van der Waals surface area contributed by atoms with Crippen molar-refractivity contribution in [1.82, 2.24) is 0 Å². The van der Waals surface area contributed by atoms with Crippen molar-refractivity contribution in [2.45, 2.75) is 26.4 Å². The molecule has 0 spiro atoms. The first kappa shape index (κ1) is 11.0. The zero-order valence-corrected chi connectivity index (χ0v) is 8.26. The lowest BCUT2D eigenvalue weighted by Gasteiger charge is -2.13. The fraction of sp³-hybridized carbons (Fsp3) is 0.364. The molecule has 0 bridgehead atoms. The van der Waals surface area contributed by atoms with Crippen molar-refractivity contribution >= 4 is 0 Å². The average molecular weight is 199 g/mol. The highest BCUT2D eigenvalue weighted by Crippen LogP contribution is 2.27. The third-order valence-corrected chi connectivity index (χ3v) is 2.07. The molecule has 1 aromatic carbocycles. The van der Waals surface area contributed by atoms with Gasteiger partial charge in [0.2, 0.25) is 0 Å². The van der Waals surface area contributed by atoms with Crippen LogP contribution in [0.15, 0.2) is 18.2 Å². The molecule has 0 saturated heterocycles. The smallest absolute Gasteiger partial charge is 0.387 e. The van der Waals surface area contributed by atoms with Crippen molar-refractivity contribution in [1.29, 1.82) is 0 Å². The Morgan fingerprint density at radius 1 is 1.36 bits per heavy atom. The van der Waals surface area contributed by atoms with E-state index in [0.29, 0.717) is 0 Å². The van der Waals surface area contributed by atoms with Gasteiger partial charge in [0, 0.05) is 0 Å². The molecule has 1 radical (unpaired) electrons. The third kappa shape index (κ3) is 2.44. The molecule has 77 valence electrons. The number of hydrogen-bond acceptors (Lipinski definition) is 1. The summed E-state index contributed by atoms with van der Waals surface area (Å²) in [7, 11) is 0. The standard InChI is InChI=1S/C11H13F2O/c1-7(2)9-5-4-6-10(8(9)3)14-11(12)13/h4-7,11H,1H2,2-3H3. The molecule has 1 nitrogen and oxygen atoms in total. The van der Waals surface area contributed by atoms with Crippen LogP contribution in [0.1, 0.15) is 24.0 Å². The fourth-order valence-corrected chi connectivity index (χ4v) is 1.39. The van der Waals surface area contributed by atoms with Gasteiger partial charge in [-0.15, -0.1) is 0 Å². The second-order valence-electron chi connectivity index (χ2n) is 3.25. The number of benzene rings is 1. The Hall–Kier alpha value is -1.12. The quantitative estimate of drug-likeness (QED) is 0.723. The van der Waals surface area contributed by atoms with Gasteiger partial charge in [-0.25, -0.2) is 0 Å². The van der Waals surface area contributed by atoms with E-state index >= 15 is 0 Å². The Kier molecular flexibility index (Phi) is 3.44. The molecule has 1 aromatic rings. The van der Waals surface area contributed by atoms with Gasteiger partial charge in [0.15, 0.2) is 0 Å². The van der Waals surface area contributed by atoms with Gasteiger partial charge in [-0.1, -0.05) is 19.1 Å². The van der Waals surface area contributed by atoms with Crippen LogP contribution in [0.4, 0.5) is 8.78 Å². The summed E-state index contributed by atoms with van der Waals surface area (Å²) < 4.78 is 28.4. The molecule has 0 amide bonds. The van der Waals surface area contributed by atoms with Crippen LogP contribution in [0.2, 0.25) is 0 Å². The van der Waals surface area contributed by atoms with Crippen LogP contribution in [0.5, 0.6) is 5.75 Å². The van der Waals surface area contributed by atoms with Crippen LogP contribution in [0.25, 0.3) is 0 Å². The average Bonchev–Trinajstić information content (AvgIpc) is 2.07. The predicted molar refractivity (Wildman–Crippen MR) is 51.6 cm³/mol. The summed E-state index contributed by atoms with van der Waals surface area (Å²) in [5, 5.41) is 0. The molecule has 1 unspecified atom stereocenters. The molecule has 0 aliphatic rings. The van der Waals surface area contributed by atoms with Crippen LogP contribution in [-0.2, 0) is 0 Å². The Bertz CT molecular complexity index is 308. The van der Waals surface area contributed by atoms with Crippen molar-refractivity contribution < 1.29 is 13.5 Å². The van der Waals surface area contributed by atoms with Crippen molar-refractivity contribution in [3.05, 3.63) is 36.2 Å². The van der Waals surface area contributed by atoms with E-state index in [0.717, 1.165) is 11.1 Å². The van der Waals surface area contributed by atoms with Crippen molar-refractivity contribution in [2.24, 2.45) is 0 Å². The number of hydrogen-bond donors (Lipinski definition) is 0. The number of alkyl halides is 2. The minimum Gasteiger partial charge on any atom is -0.435 e. The Balaban J connectivity index is 3.01. The Morgan fingerprint density at radius 3 is 2.50 bits per heavy atom. The SMILES string of the molecule is [CH2]C(C)c1cccc(OC(F)F)c1C. The molecular weight excluding hydrogens is 186 g/mol. The van der Waals surface area contributed by atoms with Gasteiger partial charge in [0.05, 0.1) is 0 Å². The predicted octanol–water partition coefficient (Wildman–Crippen LogP) is 3.53. The molecular formula is C11H13F2O. The number of ether oxygens (including phenoxy) is 1. The van der Waals surface area contributed by atoms with Gasteiger partial charge < -0.3 is 4.74 Å². The first-order valence-corrected chi connectivity index (χ1v) is 4.39. The van der Waals surface area contributed by atoms with E-state index in [2.05, 4.69) is 11.7 Å². The highest BCUT2D eigenvalue weighted by molar-refractivity contribution is 5.41. The first-order chi connectivity index (χ1) is 6.52. The molecule has 0 aliphatic heterocycles. The molecule has 0 aliphatic carbocycles. The lowest BCUT2D eigenvalue weighted by atomic mass is 9.98. The molecule has 1 atom stereocenters. The molecule has 0 saturated carbocycles. The van der Waals surface area contributed by atoms with E-state index in [9.17, 15) is 8.78 Å². The molecule has 0 heterocycles.